The number of methoxy groups -OCH3 is 1. The van der Waals surface area contributed by atoms with Crippen LogP contribution in [0.5, 0.6) is 0 Å². The molecule has 5 heteroatoms. The van der Waals surface area contributed by atoms with Gasteiger partial charge in [0, 0.05) is 6.04 Å². The normalized spacial score (nSPS) is 19.5. The molecular formula is C14H21Cl2NO2. The zero-order chi connectivity index (χ0) is 12.1. The summed E-state index contributed by atoms with van der Waals surface area (Å²) in [5.74, 6) is -0.322. The lowest BCUT2D eigenvalue weighted by atomic mass is 9.86. The minimum absolute atomic E-state index is 0. The molecule has 2 rings (SSSR count). The van der Waals surface area contributed by atoms with Crippen LogP contribution in [0.1, 0.15) is 30.7 Å². The number of esters is 1. The first-order chi connectivity index (χ1) is 8.33. The zero-order valence-electron chi connectivity index (χ0n) is 11.0. The number of hydrogen-bond donors (Lipinski definition) is 1. The summed E-state index contributed by atoms with van der Waals surface area (Å²) in [7, 11) is 1.46. The monoisotopic (exact) mass is 305 g/mol. The Bertz CT molecular complexity index is 367. The molecule has 0 amide bonds. The fourth-order valence-electron chi connectivity index (χ4n) is 2.48. The number of carbonyl (C=O) groups is 1. The van der Waals surface area contributed by atoms with Gasteiger partial charge in [-0.05, 0) is 24.9 Å². The van der Waals surface area contributed by atoms with Crippen LogP contribution >= 0.6 is 24.8 Å². The second-order valence-electron chi connectivity index (χ2n) is 4.47. The Morgan fingerprint density at radius 1 is 1.26 bits per heavy atom. The number of halogens is 2. The van der Waals surface area contributed by atoms with Gasteiger partial charge in [0.1, 0.15) is 0 Å². The minimum atomic E-state index is -0.179. The molecule has 0 bridgehead atoms. The van der Waals surface area contributed by atoms with E-state index >= 15 is 0 Å². The molecular weight excluding hydrogens is 285 g/mol. The molecule has 2 atom stereocenters. The van der Waals surface area contributed by atoms with E-state index in [0.29, 0.717) is 0 Å². The van der Waals surface area contributed by atoms with Crippen molar-refractivity contribution in [2.45, 2.75) is 31.2 Å². The van der Waals surface area contributed by atoms with Crippen molar-refractivity contribution in [3.8, 4) is 0 Å². The van der Waals surface area contributed by atoms with Crippen LogP contribution in [0.3, 0.4) is 0 Å². The Morgan fingerprint density at radius 2 is 1.95 bits per heavy atom. The van der Waals surface area contributed by atoms with Crippen LogP contribution in [0.2, 0.25) is 0 Å². The third-order valence-corrected chi connectivity index (χ3v) is 3.36. The summed E-state index contributed by atoms with van der Waals surface area (Å²) < 4.78 is 4.94. The van der Waals surface area contributed by atoms with Gasteiger partial charge in [-0.2, -0.15) is 0 Å². The first-order valence-electron chi connectivity index (χ1n) is 6.19. The average Bonchev–Trinajstić information content (AvgIpc) is 2.41. The van der Waals surface area contributed by atoms with E-state index in [9.17, 15) is 4.79 Å². The average molecular weight is 306 g/mol. The summed E-state index contributed by atoms with van der Waals surface area (Å²) in [6.45, 7) is 0.991. The number of ether oxygens (including phenoxy) is 1. The van der Waals surface area contributed by atoms with Crippen LogP contribution in [0.4, 0.5) is 0 Å². The molecule has 0 aromatic heterocycles. The maximum absolute atomic E-state index is 11.9. The fourth-order valence-corrected chi connectivity index (χ4v) is 2.48. The van der Waals surface area contributed by atoms with E-state index in [1.807, 2.05) is 30.3 Å². The molecule has 108 valence electrons. The molecule has 0 radical (unpaired) electrons. The van der Waals surface area contributed by atoms with Crippen molar-refractivity contribution in [1.82, 2.24) is 5.32 Å². The highest BCUT2D eigenvalue weighted by Gasteiger charge is 2.31. The van der Waals surface area contributed by atoms with Gasteiger partial charge in [0.25, 0.3) is 0 Å². The van der Waals surface area contributed by atoms with Gasteiger partial charge in [-0.3, -0.25) is 4.79 Å². The van der Waals surface area contributed by atoms with E-state index < -0.39 is 0 Å². The number of nitrogens with one attached hydrogen (secondary N) is 1. The molecule has 1 heterocycles. The highest BCUT2D eigenvalue weighted by Crippen LogP contribution is 2.26. The lowest BCUT2D eigenvalue weighted by Gasteiger charge is -2.29. The summed E-state index contributed by atoms with van der Waals surface area (Å²) in [4.78, 5) is 11.9. The molecule has 0 unspecified atom stereocenters. The second kappa shape index (κ2) is 9.18. The first kappa shape index (κ1) is 18.2. The van der Waals surface area contributed by atoms with Gasteiger partial charge >= 0.3 is 5.97 Å². The predicted molar refractivity (Wildman–Crippen MR) is 81.3 cm³/mol. The molecule has 0 aliphatic carbocycles. The molecule has 1 aliphatic rings. The van der Waals surface area contributed by atoms with Crippen molar-refractivity contribution in [2.75, 3.05) is 13.7 Å². The van der Waals surface area contributed by atoms with Crippen molar-refractivity contribution in [3.63, 3.8) is 0 Å². The zero-order valence-corrected chi connectivity index (χ0v) is 12.6. The van der Waals surface area contributed by atoms with Crippen molar-refractivity contribution in [2.24, 2.45) is 0 Å². The summed E-state index contributed by atoms with van der Waals surface area (Å²) in [5.41, 5.74) is 1.04. The van der Waals surface area contributed by atoms with E-state index in [1.54, 1.807) is 0 Å². The number of piperidine rings is 1. The maximum atomic E-state index is 11.9. The van der Waals surface area contributed by atoms with Crippen molar-refractivity contribution in [3.05, 3.63) is 35.9 Å². The third-order valence-electron chi connectivity index (χ3n) is 3.36. The third kappa shape index (κ3) is 4.68. The highest BCUT2D eigenvalue weighted by atomic mass is 35.5. The van der Waals surface area contributed by atoms with Gasteiger partial charge in [-0.15, -0.1) is 24.8 Å². The predicted octanol–water partition coefficient (Wildman–Crippen LogP) is 2.93. The minimum Gasteiger partial charge on any atom is -0.469 e. The van der Waals surface area contributed by atoms with E-state index in [4.69, 9.17) is 4.74 Å². The number of rotatable bonds is 3. The molecule has 1 aliphatic heterocycles. The van der Waals surface area contributed by atoms with Crippen LogP contribution < -0.4 is 5.32 Å². The van der Waals surface area contributed by atoms with Crippen LogP contribution in [0, 0.1) is 0 Å². The van der Waals surface area contributed by atoms with Gasteiger partial charge in [-0.1, -0.05) is 36.8 Å². The van der Waals surface area contributed by atoms with E-state index in [2.05, 4.69) is 5.32 Å². The summed E-state index contributed by atoms with van der Waals surface area (Å²) in [5, 5.41) is 3.43. The van der Waals surface area contributed by atoms with Gasteiger partial charge in [-0.25, -0.2) is 0 Å². The van der Waals surface area contributed by atoms with Crippen molar-refractivity contribution >= 4 is 30.8 Å². The molecule has 1 saturated heterocycles. The number of benzene rings is 1. The Balaban J connectivity index is 0.00000162. The van der Waals surface area contributed by atoms with Gasteiger partial charge in [0.05, 0.1) is 13.0 Å². The van der Waals surface area contributed by atoms with E-state index in [1.165, 1.54) is 20.0 Å². The Morgan fingerprint density at radius 3 is 2.47 bits per heavy atom. The number of carbonyl (C=O) groups excluding carboxylic acids is 1. The van der Waals surface area contributed by atoms with E-state index in [0.717, 1.165) is 18.5 Å². The smallest absolute Gasteiger partial charge is 0.314 e. The quantitative estimate of drug-likeness (QED) is 0.873. The van der Waals surface area contributed by atoms with Crippen molar-refractivity contribution in [1.29, 1.82) is 0 Å². The molecule has 1 fully saturated rings. The molecule has 3 nitrogen and oxygen atoms in total. The maximum Gasteiger partial charge on any atom is 0.314 e. The second-order valence-corrected chi connectivity index (χ2v) is 4.47. The lowest BCUT2D eigenvalue weighted by Crippen LogP contribution is -2.42. The highest BCUT2D eigenvalue weighted by molar-refractivity contribution is 5.85. The van der Waals surface area contributed by atoms with Gasteiger partial charge in [0.2, 0.25) is 0 Å². The molecule has 1 N–H and O–H groups in total. The summed E-state index contributed by atoms with van der Waals surface area (Å²) in [6.07, 6.45) is 3.41. The lowest BCUT2D eigenvalue weighted by molar-refractivity contribution is -0.143. The van der Waals surface area contributed by atoms with Crippen molar-refractivity contribution < 1.29 is 9.53 Å². The molecule has 0 spiro atoms. The van der Waals surface area contributed by atoms with Crippen LogP contribution in [-0.4, -0.2) is 25.7 Å². The van der Waals surface area contributed by atoms with Crippen LogP contribution in [0.15, 0.2) is 30.3 Å². The first-order valence-corrected chi connectivity index (χ1v) is 6.19. The Hall–Kier alpha value is -0.770. The fraction of sp³-hybridized carbons (Fsp3) is 0.500. The van der Waals surface area contributed by atoms with Gasteiger partial charge in [0.15, 0.2) is 0 Å². The molecule has 1 aromatic rings. The van der Waals surface area contributed by atoms with Crippen LogP contribution in [0.25, 0.3) is 0 Å². The standard InChI is InChI=1S/C14H19NO2.2ClH/c1-17-14(16)13(11-7-3-2-4-8-11)12-9-5-6-10-15-12;;/h2-4,7-8,12-13,15H,5-6,9-10H2,1H3;2*1H/t12-,13-;;/m0../s1. The van der Waals surface area contributed by atoms with Gasteiger partial charge < -0.3 is 10.1 Å². The molecule has 19 heavy (non-hydrogen) atoms. The SMILES string of the molecule is COC(=O)[C@@H](c1ccccc1)[C@@H]1CCCCN1.Cl.Cl. The molecule has 1 aromatic carbocycles. The van der Waals surface area contributed by atoms with Crippen LogP contribution in [-0.2, 0) is 9.53 Å². The van der Waals surface area contributed by atoms with E-state index in [-0.39, 0.29) is 42.7 Å². The Kier molecular flexibility index (Phi) is 8.81. The molecule has 0 saturated carbocycles. The largest absolute Gasteiger partial charge is 0.469 e. The topological polar surface area (TPSA) is 38.3 Å². The summed E-state index contributed by atoms with van der Waals surface area (Å²) >= 11 is 0. The number of hydrogen-bond acceptors (Lipinski definition) is 3. The Labute approximate surface area is 126 Å². The summed E-state index contributed by atoms with van der Waals surface area (Å²) in [6, 6.07) is 10.1.